The van der Waals surface area contributed by atoms with Crippen molar-refractivity contribution in [3.63, 3.8) is 0 Å². The highest BCUT2D eigenvalue weighted by molar-refractivity contribution is 7.72. The molecule has 7 N–H and O–H groups in total. The van der Waals surface area contributed by atoms with Crippen molar-refractivity contribution in [1.82, 2.24) is 9.57 Å². The van der Waals surface area contributed by atoms with Crippen LogP contribution in [0.3, 0.4) is 0 Å². The monoisotopic (exact) mass is 659 g/mol. The first kappa shape index (κ1) is 36.9. The number of alkyl halides is 2. The first-order chi connectivity index (χ1) is 18.1. The van der Waals surface area contributed by atoms with Gasteiger partial charge >= 0.3 is 22.9 Å². The molecule has 1 aromatic rings. The van der Waals surface area contributed by atoms with E-state index in [1.54, 1.807) is 30.1 Å². The summed E-state index contributed by atoms with van der Waals surface area (Å²) < 4.78 is 53.4. The maximum atomic E-state index is 12.5. The van der Waals surface area contributed by atoms with Crippen molar-refractivity contribution in [2.75, 3.05) is 64.8 Å². The van der Waals surface area contributed by atoms with E-state index < -0.39 is 34.4 Å². The third-order valence-electron chi connectivity index (χ3n) is 5.47. The minimum Gasteiger partial charge on any atom is -0.494 e. The zero-order valence-corrected chi connectivity index (χ0v) is 25.7. The molecule has 0 aliphatic rings. The summed E-state index contributed by atoms with van der Waals surface area (Å²) in [6, 6.07) is 7.15. The van der Waals surface area contributed by atoms with E-state index in [0.29, 0.717) is 18.7 Å². The number of ether oxygens (including phenoxy) is 2. The van der Waals surface area contributed by atoms with E-state index in [9.17, 15) is 38.4 Å². The highest BCUT2D eigenvalue weighted by atomic mass is 35.5. The Balaban J connectivity index is 2.40. The van der Waals surface area contributed by atoms with Crippen molar-refractivity contribution in [3.05, 3.63) is 29.8 Å². The van der Waals surface area contributed by atoms with Gasteiger partial charge in [-0.2, -0.15) is 0 Å². The Hall–Kier alpha value is -0.110. The smallest absolute Gasteiger partial charge is 0.369 e. The lowest BCUT2D eigenvalue weighted by Crippen LogP contribution is -2.34. The second kappa shape index (κ2) is 17.1. The Kier molecular flexibility index (Phi) is 16.2. The number of benzene rings is 1. The van der Waals surface area contributed by atoms with Crippen molar-refractivity contribution in [3.8, 4) is 5.75 Å². The Bertz CT molecular complexity index is 986. The van der Waals surface area contributed by atoms with Crippen LogP contribution in [0.1, 0.15) is 18.4 Å². The quantitative estimate of drug-likeness (QED) is 0.0634. The van der Waals surface area contributed by atoms with Crippen molar-refractivity contribution in [2.24, 2.45) is 5.50 Å². The molecule has 0 aromatic heterocycles. The number of rotatable bonds is 21. The molecule has 228 valence electrons. The van der Waals surface area contributed by atoms with Crippen LogP contribution in [0.25, 0.3) is 0 Å². The average Bonchev–Trinajstić information content (AvgIpc) is 2.83. The van der Waals surface area contributed by atoms with E-state index in [1.807, 2.05) is 6.07 Å². The van der Waals surface area contributed by atoms with Gasteiger partial charge in [0.1, 0.15) is 5.75 Å². The first-order valence-electron chi connectivity index (χ1n) is 11.8. The number of hydrogen-bond acceptors (Lipinski definition) is 8. The molecule has 14 nitrogen and oxygen atoms in total. The fourth-order valence-corrected chi connectivity index (χ4v) is 7.29. The first-order valence-corrected chi connectivity index (χ1v) is 17.7. The SMILES string of the molecule is CN(CCCOc1cccc(COCCOP(N)(=O)N(CCCl)CCCl)c1)CCC(O)(P(=O)(O)O)P(=O)(O)O. The molecule has 0 saturated heterocycles. The van der Waals surface area contributed by atoms with Crippen molar-refractivity contribution < 1.29 is 52.4 Å². The summed E-state index contributed by atoms with van der Waals surface area (Å²) in [5, 5.41) is 6.51. The molecular weight excluding hydrogens is 622 g/mol. The summed E-state index contributed by atoms with van der Waals surface area (Å²) in [6.45, 7) is 1.46. The highest BCUT2D eigenvalue weighted by Gasteiger charge is 2.58. The summed E-state index contributed by atoms with van der Waals surface area (Å²) in [7, 11) is -12.9. The van der Waals surface area contributed by atoms with Gasteiger partial charge in [0.05, 0.1) is 26.4 Å². The van der Waals surface area contributed by atoms with Gasteiger partial charge in [-0.3, -0.25) is 13.7 Å². The molecule has 0 radical (unpaired) electrons. The Labute approximate surface area is 238 Å². The Morgan fingerprint density at radius 2 is 1.56 bits per heavy atom. The van der Waals surface area contributed by atoms with Gasteiger partial charge in [-0.05, 0) is 31.2 Å². The minimum atomic E-state index is -5.48. The van der Waals surface area contributed by atoms with Gasteiger partial charge in [-0.15, -0.1) is 23.2 Å². The maximum Gasteiger partial charge on any atom is 0.369 e. The van der Waals surface area contributed by atoms with Crippen LogP contribution in [0.5, 0.6) is 5.75 Å². The normalized spacial score (nSPS) is 14.6. The van der Waals surface area contributed by atoms with Crippen LogP contribution < -0.4 is 10.2 Å². The lowest BCUT2D eigenvalue weighted by Gasteiger charge is -2.30. The molecule has 0 aliphatic heterocycles. The Morgan fingerprint density at radius 1 is 0.949 bits per heavy atom. The van der Waals surface area contributed by atoms with E-state index in [0.717, 1.165) is 5.56 Å². The topological polar surface area (TPSA) is 213 Å². The zero-order chi connectivity index (χ0) is 29.7. The van der Waals surface area contributed by atoms with Crippen LogP contribution in [-0.4, -0.2) is 104 Å². The van der Waals surface area contributed by atoms with Gasteiger partial charge in [0, 0.05) is 44.4 Å². The standard InChI is InChI=1S/C20H38Cl2N3O11P3/c1-24(10-6-20(26,37(27,28)29)38(30,31)32)9-3-13-35-19-5-2-4-18(16-19)17-34-14-15-36-39(23,33)25(11-7-21)12-8-22/h2,4-5,16,26H,3,6-15,17H2,1H3,(H2,23,33)(H2,27,28,29)(H2,30,31,32). The second-order valence-electron chi connectivity index (χ2n) is 8.55. The van der Waals surface area contributed by atoms with Gasteiger partial charge in [-0.1, -0.05) is 12.1 Å². The third kappa shape index (κ3) is 12.7. The highest BCUT2D eigenvalue weighted by Crippen LogP contribution is 2.68. The third-order valence-corrected chi connectivity index (χ3v) is 11.4. The molecule has 39 heavy (non-hydrogen) atoms. The van der Waals surface area contributed by atoms with Gasteiger partial charge in [0.2, 0.25) is 0 Å². The fourth-order valence-electron chi connectivity index (χ4n) is 3.25. The molecule has 1 atom stereocenters. The number of nitrogens with two attached hydrogens (primary N) is 1. The molecular formula is C20H38Cl2N3O11P3. The van der Waals surface area contributed by atoms with Crippen LogP contribution in [0.4, 0.5) is 0 Å². The lowest BCUT2D eigenvalue weighted by atomic mass is 10.2. The predicted molar refractivity (Wildman–Crippen MR) is 148 cm³/mol. The minimum absolute atomic E-state index is 0.0122. The van der Waals surface area contributed by atoms with Crippen LogP contribution >= 0.6 is 46.1 Å². The van der Waals surface area contributed by atoms with Crippen LogP contribution in [0.2, 0.25) is 0 Å². The molecule has 0 aliphatic carbocycles. The molecule has 0 amide bonds. The van der Waals surface area contributed by atoms with Crippen molar-refractivity contribution in [1.29, 1.82) is 0 Å². The summed E-state index contributed by atoms with van der Waals surface area (Å²) >= 11 is 11.4. The molecule has 1 rings (SSSR count). The van der Waals surface area contributed by atoms with Gasteiger partial charge in [0.15, 0.2) is 0 Å². The van der Waals surface area contributed by atoms with Gasteiger partial charge in [-0.25, -0.2) is 10.2 Å². The number of aliphatic hydroxyl groups is 1. The largest absolute Gasteiger partial charge is 0.494 e. The molecule has 0 bridgehead atoms. The van der Waals surface area contributed by atoms with Crippen molar-refractivity contribution >= 4 is 46.1 Å². The zero-order valence-electron chi connectivity index (χ0n) is 21.5. The van der Waals surface area contributed by atoms with E-state index >= 15 is 0 Å². The van der Waals surface area contributed by atoms with E-state index in [-0.39, 0.29) is 57.8 Å². The summed E-state index contributed by atoms with van der Waals surface area (Å²) in [6.07, 6.45) is -0.323. The molecule has 1 unspecified atom stereocenters. The van der Waals surface area contributed by atoms with Gasteiger partial charge in [0.25, 0.3) is 5.08 Å². The Morgan fingerprint density at radius 3 is 2.13 bits per heavy atom. The molecule has 0 spiro atoms. The maximum absolute atomic E-state index is 12.5. The fraction of sp³-hybridized carbons (Fsp3) is 0.700. The van der Waals surface area contributed by atoms with Crippen molar-refractivity contribution in [2.45, 2.75) is 24.5 Å². The summed E-state index contributed by atoms with van der Waals surface area (Å²) in [5.74, 6) is 1.04. The number of halogens is 2. The molecule has 1 aromatic carbocycles. The molecule has 19 heteroatoms. The second-order valence-corrected chi connectivity index (χ2v) is 15.3. The van der Waals surface area contributed by atoms with E-state index in [1.165, 1.54) is 4.67 Å². The van der Waals surface area contributed by atoms with Crippen LogP contribution in [-0.2, 0) is 29.6 Å². The summed E-state index contributed by atoms with van der Waals surface area (Å²) in [5.41, 5.74) is 6.61. The molecule has 0 saturated carbocycles. The van der Waals surface area contributed by atoms with E-state index in [2.05, 4.69) is 0 Å². The number of hydrogen-bond donors (Lipinski definition) is 6. The molecule has 0 heterocycles. The van der Waals surface area contributed by atoms with Crippen LogP contribution in [0.15, 0.2) is 24.3 Å². The molecule has 0 fully saturated rings. The number of nitrogens with zero attached hydrogens (tertiary/aromatic N) is 2. The predicted octanol–water partition coefficient (Wildman–Crippen LogP) is 2.16. The average molecular weight is 660 g/mol. The van der Waals surface area contributed by atoms with Gasteiger partial charge < -0.3 is 43.6 Å². The van der Waals surface area contributed by atoms with Crippen LogP contribution in [0, 0.1) is 0 Å². The summed E-state index contributed by atoms with van der Waals surface area (Å²) in [4.78, 5) is 38.4. The van der Waals surface area contributed by atoms with E-state index in [4.69, 9.17) is 42.7 Å². The lowest BCUT2D eigenvalue weighted by molar-refractivity contribution is 0.0860.